The van der Waals surface area contributed by atoms with Crippen molar-refractivity contribution >= 4 is 29.0 Å². The van der Waals surface area contributed by atoms with E-state index in [0.717, 1.165) is 4.90 Å². The van der Waals surface area contributed by atoms with Gasteiger partial charge in [0.25, 0.3) is 5.69 Å². The van der Waals surface area contributed by atoms with Crippen LogP contribution < -0.4 is 5.32 Å². The van der Waals surface area contributed by atoms with Gasteiger partial charge in [-0.15, -0.1) is 0 Å². The number of phenolic OH excluding ortho intramolecular Hbond substituents is 1. The minimum Gasteiger partial charge on any atom is -0.508 e. The van der Waals surface area contributed by atoms with Gasteiger partial charge in [0.15, 0.2) is 0 Å². The quantitative estimate of drug-likeness (QED) is 0.662. The summed E-state index contributed by atoms with van der Waals surface area (Å²) in [6.07, 6.45) is 0. The van der Waals surface area contributed by atoms with Crippen molar-refractivity contribution in [2.75, 3.05) is 5.32 Å². The van der Waals surface area contributed by atoms with E-state index in [9.17, 15) is 20.0 Å². The first-order valence-electron chi connectivity index (χ1n) is 6.40. The summed E-state index contributed by atoms with van der Waals surface area (Å²) >= 11 is 1.18. The highest BCUT2D eigenvalue weighted by Crippen LogP contribution is 2.38. The standard InChI is InChI=1S/C15H14N2O4S/c1-9-7-13(17(20)21)15(8-14(9)19)22-12-5-3-11(4-6-12)16-10(2)18/h3-8,19H,1-2H3,(H,16,18). The molecule has 0 bridgehead atoms. The Bertz CT molecular complexity index is 729. The van der Waals surface area contributed by atoms with Crippen LogP contribution in [-0.2, 0) is 4.79 Å². The Morgan fingerprint density at radius 3 is 2.45 bits per heavy atom. The maximum atomic E-state index is 11.1. The van der Waals surface area contributed by atoms with E-state index >= 15 is 0 Å². The van der Waals surface area contributed by atoms with E-state index in [4.69, 9.17) is 0 Å². The van der Waals surface area contributed by atoms with Crippen LogP contribution in [0.3, 0.4) is 0 Å². The SMILES string of the molecule is CC(=O)Nc1ccc(Sc2cc(O)c(C)cc2[N+](=O)[O-])cc1. The second-order valence-corrected chi connectivity index (χ2v) is 5.79. The zero-order valence-electron chi connectivity index (χ0n) is 12.0. The maximum Gasteiger partial charge on any atom is 0.283 e. The van der Waals surface area contributed by atoms with Gasteiger partial charge >= 0.3 is 0 Å². The largest absolute Gasteiger partial charge is 0.508 e. The van der Waals surface area contributed by atoms with E-state index in [1.807, 2.05) is 0 Å². The molecule has 0 aromatic heterocycles. The van der Waals surface area contributed by atoms with Gasteiger partial charge in [0, 0.05) is 29.6 Å². The predicted molar refractivity (Wildman–Crippen MR) is 84.4 cm³/mol. The van der Waals surface area contributed by atoms with Gasteiger partial charge in [0.2, 0.25) is 5.91 Å². The number of nitro groups is 1. The number of phenols is 1. The third kappa shape index (κ3) is 3.76. The minimum atomic E-state index is -0.472. The number of benzene rings is 2. The van der Waals surface area contributed by atoms with Gasteiger partial charge in [-0.3, -0.25) is 14.9 Å². The highest BCUT2D eigenvalue weighted by molar-refractivity contribution is 7.99. The van der Waals surface area contributed by atoms with Gasteiger partial charge in [0.1, 0.15) is 5.75 Å². The van der Waals surface area contributed by atoms with E-state index in [1.165, 1.54) is 30.8 Å². The number of carbonyl (C=O) groups excluding carboxylic acids is 1. The molecule has 0 spiro atoms. The molecule has 0 atom stereocenters. The Morgan fingerprint density at radius 2 is 1.91 bits per heavy atom. The lowest BCUT2D eigenvalue weighted by molar-refractivity contribution is -0.387. The second kappa shape index (κ2) is 6.48. The van der Waals surface area contributed by atoms with Crippen LogP contribution in [0.4, 0.5) is 11.4 Å². The van der Waals surface area contributed by atoms with Crippen molar-refractivity contribution in [2.24, 2.45) is 0 Å². The molecule has 0 fully saturated rings. The van der Waals surface area contributed by atoms with Crippen LogP contribution in [0.5, 0.6) is 5.75 Å². The van der Waals surface area contributed by atoms with Gasteiger partial charge in [-0.1, -0.05) is 11.8 Å². The number of anilines is 1. The number of aromatic hydroxyl groups is 1. The number of aryl methyl sites for hydroxylation is 1. The van der Waals surface area contributed by atoms with Crippen molar-refractivity contribution in [2.45, 2.75) is 23.6 Å². The molecule has 0 radical (unpaired) electrons. The van der Waals surface area contributed by atoms with Crippen LogP contribution >= 0.6 is 11.8 Å². The molecule has 0 saturated carbocycles. The fourth-order valence-electron chi connectivity index (χ4n) is 1.82. The Morgan fingerprint density at radius 1 is 1.27 bits per heavy atom. The van der Waals surface area contributed by atoms with E-state index in [2.05, 4.69) is 5.32 Å². The Labute approximate surface area is 131 Å². The first-order valence-corrected chi connectivity index (χ1v) is 7.22. The summed E-state index contributed by atoms with van der Waals surface area (Å²) in [5, 5.41) is 23.5. The van der Waals surface area contributed by atoms with Crippen molar-refractivity contribution in [3.8, 4) is 5.75 Å². The summed E-state index contributed by atoms with van der Waals surface area (Å²) < 4.78 is 0. The van der Waals surface area contributed by atoms with E-state index in [0.29, 0.717) is 16.1 Å². The molecule has 0 aliphatic carbocycles. The first-order chi connectivity index (χ1) is 10.4. The minimum absolute atomic E-state index is 0.0166. The van der Waals surface area contributed by atoms with Gasteiger partial charge in [-0.05, 0) is 36.8 Å². The highest BCUT2D eigenvalue weighted by atomic mass is 32.2. The number of carbonyl (C=O) groups is 1. The monoisotopic (exact) mass is 318 g/mol. The van der Waals surface area contributed by atoms with Crippen molar-refractivity contribution in [3.63, 3.8) is 0 Å². The van der Waals surface area contributed by atoms with Crippen LogP contribution in [0.15, 0.2) is 46.2 Å². The normalized spacial score (nSPS) is 10.3. The van der Waals surface area contributed by atoms with Gasteiger partial charge < -0.3 is 10.4 Å². The molecule has 114 valence electrons. The number of nitrogens with zero attached hydrogens (tertiary/aromatic N) is 1. The molecule has 6 nitrogen and oxygen atoms in total. The average Bonchev–Trinajstić information content (AvgIpc) is 2.44. The number of rotatable bonds is 4. The number of hydrogen-bond donors (Lipinski definition) is 2. The third-order valence-corrected chi connectivity index (χ3v) is 3.93. The third-order valence-electron chi connectivity index (χ3n) is 2.88. The van der Waals surface area contributed by atoms with Crippen molar-refractivity contribution < 1.29 is 14.8 Å². The molecular weight excluding hydrogens is 304 g/mol. The van der Waals surface area contributed by atoms with Crippen molar-refractivity contribution in [1.29, 1.82) is 0 Å². The summed E-state index contributed by atoms with van der Waals surface area (Å²) in [6.45, 7) is 3.03. The molecule has 0 heterocycles. The zero-order chi connectivity index (χ0) is 16.3. The number of hydrogen-bond acceptors (Lipinski definition) is 5. The predicted octanol–water partition coefficient (Wildman–Crippen LogP) is 3.72. The number of nitro benzene ring substituents is 1. The van der Waals surface area contributed by atoms with E-state index in [-0.39, 0.29) is 17.3 Å². The molecule has 22 heavy (non-hydrogen) atoms. The van der Waals surface area contributed by atoms with Gasteiger partial charge in [0.05, 0.1) is 9.82 Å². The summed E-state index contributed by atoms with van der Waals surface area (Å²) in [5.74, 6) is -0.150. The summed E-state index contributed by atoms with van der Waals surface area (Å²) in [5.41, 5.74) is 1.06. The first kappa shape index (κ1) is 15.8. The highest BCUT2D eigenvalue weighted by Gasteiger charge is 2.17. The van der Waals surface area contributed by atoms with Crippen LogP contribution in [0.1, 0.15) is 12.5 Å². The number of amides is 1. The topological polar surface area (TPSA) is 92.5 Å². The smallest absolute Gasteiger partial charge is 0.283 e. The molecule has 2 aromatic rings. The number of nitrogens with one attached hydrogen (secondary N) is 1. The maximum absolute atomic E-state index is 11.1. The van der Waals surface area contributed by atoms with E-state index in [1.54, 1.807) is 31.2 Å². The fraction of sp³-hybridized carbons (Fsp3) is 0.133. The fourth-order valence-corrected chi connectivity index (χ4v) is 2.76. The molecular formula is C15H14N2O4S. The summed E-state index contributed by atoms with van der Waals surface area (Å²) in [7, 11) is 0. The second-order valence-electron chi connectivity index (χ2n) is 4.67. The average molecular weight is 318 g/mol. The molecule has 0 unspecified atom stereocenters. The Hall–Kier alpha value is -2.54. The molecule has 2 N–H and O–H groups in total. The molecule has 0 saturated heterocycles. The molecule has 2 aromatic carbocycles. The lowest BCUT2D eigenvalue weighted by Crippen LogP contribution is -2.05. The van der Waals surface area contributed by atoms with Crippen LogP contribution in [-0.4, -0.2) is 15.9 Å². The summed E-state index contributed by atoms with van der Waals surface area (Å²) in [4.78, 5) is 22.7. The Balaban J connectivity index is 2.28. The molecule has 7 heteroatoms. The lowest BCUT2D eigenvalue weighted by Gasteiger charge is -2.07. The van der Waals surface area contributed by atoms with Crippen molar-refractivity contribution in [1.82, 2.24) is 0 Å². The van der Waals surface area contributed by atoms with Crippen LogP contribution in [0, 0.1) is 17.0 Å². The zero-order valence-corrected chi connectivity index (χ0v) is 12.8. The lowest BCUT2D eigenvalue weighted by atomic mass is 10.2. The Kier molecular flexibility index (Phi) is 4.67. The van der Waals surface area contributed by atoms with Gasteiger partial charge in [-0.2, -0.15) is 0 Å². The molecule has 1 amide bonds. The molecule has 2 rings (SSSR count). The molecule has 0 aliphatic heterocycles. The van der Waals surface area contributed by atoms with Crippen molar-refractivity contribution in [3.05, 3.63) is 52.1 Å². The van der Waals surface area contributed by atoms with Crippen LogP contribution in [0.2, 0.25) is 0 Å². The summed E-state index contributed by atoms with van der Waals surface area (Å²) in [6, 6.07) is 9.66. The van der Waals surface area contributed by atoms with E-state index < -0.39 is 4.92 Å². The van der Waals surface area contributed by atoms with Crippen LogP contribution in [0.25, 0.3) is 0 Å². The van der Waals surface area contributed by atoms with Gasteiger partial charge in [-0.25, -0.2) is 0 Å². The molecule has 0 aliphatic rings.